The zero-order chi connectivity index (χ0) is 18.1. The summed E-state index contributed by atoms with van der Waals surface area (Å²) in [5, 5.41) is 0.729. The number of halogens is 1. The Hall–Kier alpha value is -2.32. The van der Waals surface area contributed by atoms with E-state index in [9.17, 15) is 14.0 Å². The standard InChI is InChI=1S/C17H19FN4O2S/c1-10-20-14(15(25-10)11-3-5-12(18)6-4-11)17(24)22-8-7-21(2)9-13(22)16(19)23/h3-6,13H,7-9H2,1-2H3,(H2,19,23). The molecule has 1 aromatic heterocycles. The maximum atomic E-state index is 13.2. The normalized spacial score (nSPS) is 18.4. The third-order valence-corrected chi connectivity index (χ3v) is 5.24. The van der Waals surface area contributed by atoms with E-state index >= 15 is 0 Å². The molecule has 6 nitrogen and oxygen atoms in total. The first-order valence-corrected chi connectivity index (χ1v) is 8.70. The minimum Gasteiger partial charge on any atom is -0.368 e. The van der Waals surface area contributed by atoms with E-state index in [1.807, 2.05) is 18.9 Å². The number of aryl methyl sites for hydroxylation is 1. The summed E-state index contributed by atoms with van der Waals surface area (Å²) in [6.07, 6.45) is 0. The smallest absolute Gasteiger partial charge is 0.274 e. The number of primary amides is 1. The zero-order valence-corrected chi connectivity index (χ0v) is 14.8. The first-order chi connectivity index (χ1) is 11.9. The summed E-state index contributed by atoms with van der Waals surface area (Å²) in [4.78, 5) is 33.3. The van der Waals surface area contributed by atoms with E-state index in [-0.39, 0.29) is 17.4 Å². The van der Waals surface area contributed by atoms with Crippen LogP contribution in [0.4, 0.5) is 4.39 Å². The number of aromatic nitrogens is 1. The molecular weight excluding hydrogens is 343 g/mol. The third-order valence-electron chi connectivity index (χ3n) is 4.22. The number of likely N-dealkylation sites (N-methyl/N-ethyl adjacent to an activating group) is 1. The maximum absolute atomic E-state index is 13.2. The number of carbonyl (C=O) groups excluding carboxylic acids is 2. The highest BCUT2D eigenvalue weighted by atomic mass is 32.1. The topological polar surface area (TPSA) is 79.5 Å². The molecule has 1 aliphatic heterocycles. The monoisotopic (exact) mass is 362 g/mol. The number of hydrogen-bond acceptors (Lipinski definition) is 5. The molecule has 1 unspecified atom stereocenters. The number of carbonyl (C=O) groups is 2. The van der Waals surface area contributed by atoms with Crippen molar-refractivity contribution < 1.29 is 14.0 Å². The van der Waals surface area contributed by atoms with Crippen molar-refractivity contribution in [1.82, 2.24) is 14.8 Å². The van der Waals surface area contributed by atoms with Gasteiger partial charge in [-0.2, -0.15) is 0 Å². The molecule has 2 N–H and O–H groups in total. The van der Waals surface area contributed by atoms with Crippen LogP contribution in [0.2, 0.25) is 0 Å². The van der Waals surface area contributed by atoms with Crippen LogP contribution in [0.5, 0.6) is 0 Å². The average Bonchev–Trinajstić information content (AvgIpc) is 2.96. The van der Waals surface area contributed by atoms with Crippen LogP contribution in [0.25, 0.3) is 10.4 Å². The Morgan fingerprint density at radius 1 is 1.28 bits per heavy atom. The van der Waals surface area contributed by atoms with E-state index in [1.54, 1.807) is 12.1 Å². The molecule has 132 valence electrons. The second-order valence-electron chi connectivity index (χ2n) is 6.10. The van der Waals surface area contributed by atoms with Gasteiger partial charge in [-0.05, 0) is 31.7 Å². The van der Waals surface area contributed by atoms with Crippen LogP contribution in [-0.4, -0.2) is 59.3 Å². The summed E-state index contributed by atoms with van der Waals surface area (Å²) in [6, 6.07) is 5.25. The van der Waals surface area contributed by atoms with Crippen LogP contribution < -0.4 is 5.73 Å². The van der Waals surface area contributed by atoms with Gasteiger partial charge >= 0.3 is 0 Å². The highest BCUT2D eigenvalue weighted by Crippen LogP contribution is 2.31. The van der Waals surface area contributed by atoms with Gasteiger partial charge in [0.05, 0.1) is 9.88 Å². The van der Waals surface area contributed by atoms with Crippen molar-refractivity contribution in [3.05, 3.63) is 40.8 Å². The molecule has 0 bridgehead atoms. The minimum atomic E-state index is -0.686. The quantitative estimate of drug-likeness (QED) is 0.897. The molecule has 1 saturated heterocycles. The Morgan fingerprint density at radius 2 is 1.96 bits per heavy atom. The van der Waals surface area contributed by atoms with Gasteiger partial charge in [-0.15, -0.1) is 11.3 Å². The van der Waals surface area contributed by atoms with Gasteiger partial charge in [-0.25, -0.2) is 9.37 Å². The summed E-state index contributed by atoms with van der Waals surface area (Å²) >= 11 is 1.37. The van der Waals surface area contributed by atoms with Gasteiger partial charge in [-0.3, -0.25) is 9.59 Å². The second kappa shape index (κ2) is 6.89. The number of rotatable bonds is 3. The van der Waals surface area contributed by atoms with E-state index in [0.29, 0.717) is 24.5 Å². The van der Waals surface area contributed by atoms with Gasteiger partial charge in [0.1, 0.15) is 17.6 Å². The predicted octanol–water partition coefficient (Wildman–Crippen LogP) is 1.50. The molecule has 1 atom stereocenters. The van der Waals surface area contributed by atoms with Crippen molar-refractivity contribution in [1.29, 1.82) is 0 Å². The van der Waals surface area contributed by atoms with E-state index in [4.69, 9.17) is 5.73 Å². The van der Waals surface area contributed by atoms with Crippen LogP contribution in [0.15, 0.2) is 24.3 Å². The van der Waals surface area contributed by atoms with Crippen LogP contribution in [-0.2, 0) is 4.79 Å². The van der Waals surface area contributed by atoms with Crippen molar-refractivity contribution in [2.24, 2.45) is 5.73 Å². The molecule has 8 heteroatoms. The Bertz CT molecular complexity index is 805. The fraction of sp³-hybridized carbons (Fsp3) is 0.353. The summed E-state index contributed by atoms with van der Waals surface area (Å²) in [5.41, 5.74) is 6.49. The van der Waals surface area contributed by atoms with Crippen LogP contribution in [0, 0.1) is 12.7 Å². The Labute approximate surface area is 149 Å². The summed E-state index contributed by atoms with van der Waals surface area (Å²) in [6.45, 7) is 3.27. The lowest BCUT2D eigenvalue weighted by molar-refractivity contribution is -0.124. The highest BCUT2D eigenvalue weighted by molar-refractivity contribution is 7.15. The van der Waals surface area contributed by atoms with Gasteiger partial charge in [0.15, 0.2) is 0 Å². The molecule has 1 aromatic carbocycles. The Balaban J connectivity index is 1.97. The molecule has 0 spiro atoms. The van der Waals surface area contributed by atoms with Gasteiger partial charge in [0.2, 0.25) is 5.91 Å². The third kappa shape index (κ3) is 3.54. The number of amides is 2. The lowest BCUT2D eigenvalue weighted by atomic mass is 10.1. The molecule has 1 fully saturated rings. The maximum Gasteiger partial charge on any atom is 0.274 e. The average molecular weight is 362 g/mol. The largest absolute Gasteiger partial charge is 0.368 e. The number of nitrogens with zero attached hydrogens (tertiary/aromatic N) is 3. The van der Waals surface area contributed by atoms with Crippen molar-refractivity contribution >= 4 is 23.2 Å². The number of piperazine rings is 1. The first kappa shape index (κ1) is 17.5. The Morgan fingerprint density at radius 3 is 2.60 bits per heavy atom. The first-order valence-electron chi connectivity index (χ1n) is 7.89. The van der Waals surface area contributed by atoms with E-state index in [2.05, 4.69) is 4.98 Å². The van der Waals surface area contributed by atoms with Gasteiger partial charge < -0.3 is 15.5 Å². The Kier molecular flexibility index (Phi) is 4.82. The van der Waals surface area contributed by atoms with Crippen molar-refractivity contribution in [2.75, 3.05) is 26.7 Å². The zero-order valence-electron chi connectivity index (χ0n) is 14.0. The number of benzene rings is 1. The van der Waals surface area contributed by atoms with Crippen LogP contribution >= 0.6 is 11.3 Å². The molecule has 0 aliphatic carbocycles. The predicted molar refractivity (Wildman–Crippen MR) is 93.8 cm³/mol. The fourth-order valence-electron chi connectivity index (χ4n) is 2.91. The van der Waals surface area contributed by atoms with Crippen LogP contribution in [0.3, 0.4) is 0 Å². The van der Waals surface area contributed by atoms with E-state index in [0.717, 1.165) is 10.6 Å². The SMILES string of the molecule is Cc1nc(C(=O)N2CCN(C)CC2C(N)=O)c(-c2ccc(F)cc2)s1. The van der Waals surface area contributed by atoms with Crippen LogP contribution in [0.1, 0.15) is 15.5 Å². The highest BCUT2D eigenvalue weighted by Gasteiger charge is 2.35. The van der Waals surface area contributed by atoms with E-state index < -0.39 is 11.9 Å². The number of hydrogen-bond donors (Lipinski definition) is 1. The van der Waals surface area contributed by atoms with Gasteiger partial charge in [0, 0.05) is 19.6 Å². The molecule has 0 saturated carbocycles. The van der Waals surface area contributed by atoms with Crippen molar-refractivity contribution in [2.45, 2.75) is 13.0 Å². The minimum absolute atomic E-state index is 0.282. The lowest BCUT2D eigenvalue weighted by Crippen LogP contribution is -2.59. The van der Waals surface area contributed by atoms with Gasteiger partial charge in [0.25, 0.3) is 5.91 Å². The molecule has 2 heterocycles. The van der Waals surface area contributed by atoms with Crippen molar-refractivity contribution in [3.63, 3.8) is 0 Å². The second-order valence-corrected chi connectivity index (χ2v) is 7.30. The van der Waals surface area contributed by atoms with Crippen molar-refractivity contribution in [3.8, 4) is 10.4 Å². The number of nitrogens with two attached hydrogens (primary N) is 1. The summed E-state index contributed by atoms with van der Waals surface area (Å²) in [7, 11) is 1.88. The molecule has 2 amide bonds. The van der Waals surface area contributed by atoms with E-state index in [1.165, 1.54) is 28.4 Å². The lowest BCUT2D eigenvalue weighted by Gasteiger charge is -2.38. The molecular formula is C17H19FN4O2S. The fourth-order valence-corrected chi connectivity index (χ4v) is 3.83. The molecule has 25 heavy (non-hydrogen) atoms. The molecule has 2 aromatic rings. The number of thiazole rings is 1. The summed E-state index contributed by atoms with van der Waals surface area (Å²) in [5.74, 6) is -1.19. The molecule has 1 aliphatic rings. The van der Waals surface area contributed by atoms with Gasteiger partial charge in [-0.1, -0.05) is 12.1 Å². The molecule has 0 radical (unpaired) electrons. The molecule has 3 rings (SSSR count). The summed E-state index contributed by atoms with van der Waals surface area (Å²) < 4.78 is 13.2.